The van der Waals surface area contributed by atoms with Gasteiger partial charge in [0.1, 0.15) is 12.1 Å². The molecule has 102 valence electrons. The normalized spacial score (nSPS) is 18.1. The Morgan fingerprint density at radius 3 is 2.37 bits per heavy atom. The van der Waals surface area contributed by atoms with Crippen molar-refractivity contribution >= 4 is 12.4 Å². The van der Waals surface area contributed by atoms with E-state index in [0.29, 0.717) is 32.4 Å². The van der Waals surface area contributed by atoms with Gasteiger partial charge in [0.25, 0.3) is 0 Å². The Morgan fingerprint density at radius 2 is 1.89 bits per heavy atom. The molecule has 0 bridgehead atoms. The average molecular weight is 265 g/mol. The van der Waals surface area contributed by atoms with Crippen molar-refractivity contribution in [2.24, 2.45) is 5.41 Å². The predicted molar refractivity (Wildman–Crippen MR) is 67.4 cm³/mol. The molecule has 0 saturated carbocycles. The van der Waals surface area contributed by atoms with Crippen molar-refractivity contribution in [1.82, 2.24) is 4.90 Å². The van der Waals surface area contributed by atoms with E-state index in [-0.39, 0.29) is 5.82 Å². The highest BCUT2D eigenvalue weighted by molar-refractivity contribution is 5.66. The van der Waals surface area contributed by atoms with E-state index in [0.717, 1.165) is 11.8 Å². The molecule has 1 heterocycles. The lowest BCUT2D eigenvalue weighted by atomic mass is 9.75. The Hall–Kier alpha value is -1.91. The van der Waals surface area contributed by atoms with Gasteiger partial charge in [0.05, 0.1) is 0 Å². The number of halogens is 1. The first-order valence-corrected chi connectivity index (χ1v) is 6.23. The molecule has 0 aromatic heterocycles. The molecule has 4 nitrogen and oxygen atoms in total. The minimum absolute atomic E-state index is 0.301. The summed E-state index contributed by atoms with van der Waals surface area (Å²) in [5.74, 6) is -0.301. The van der Waals surface area contributed by atoms with Crippen molar-refractivity contribution in [2.45, 2.75) is 19.3 Å². The highest BCUT2D eigenvalue weighted by atomic mass is 19.1. The monoisotopic (exact) mass is 265 g/mol. The number of aldehydes is 1. The fourth-order valence-electron chi connectivity index (χ4n) is 2.49. The molecule has 2 rings (SSSR count). The molecular formula is C14H16FNO3. The van der Waals surface area contributed by atoms with Crippen LogP contribution in [-0.4, -0.2) is 35.5 Å². The number of carboxylic acid groups (broad SMARTS) is 1. The summed E-state index contributed by atoms with van der Waals surface area (Å²) in [4.78, 5) is 23.6. The van der Waals surface area contributed by atoms with E-state index in [1.807, 2.05) is 0 Å². The van der Waals surface area contributed by atoms with E-state index in [1.165, 1.54) is 17.0 Å². The van der Waals surface area contributed by atoms with Gasteiger partial charge < -0.3 is 14.8 Å². The van der Waals surface area contributed by atoms with Gasteiger partial charge in [-0.25, -0.2) is 9.18 Å². The van der Waals surface area contributed by atoms with Crippen LogP contribution in [0.4, 0.5) is 9.18 Å². The molecule has 0 atom stereocenters. The Kier molecular flexibility index (Phi) is 3.83. The summed E-state index contributed by atoms with van der Waals surface area (Å²) in [7, 11) is 0. The minimum Gasteiger partial charge on any atom is -0.465 e. The van der Waals surface area contributed by atoms with E-state index in [1.54, 1.807) is 12.1 Å². The largest absolute Gasteiger partial charge is 0.465 e. The molecule has 1 aliphatic rings. The van der Waals surface area contributed by atoms with Crippen LogP contribution in [0.15, 0.2) is 24.3 Å². The molecule has 5 heteroatoms. The Morgan fingerprint density at radius 1 is 1.32 bits per heavy atom. The molecule has 1 saturated heterocycles. The summed E-state index contributed by atoms with van der Waals surface area (Å²) in [6, 6.07) is 6.09. The second kappa shape index (κ2) is 5.38. The van der Waals surface area contributed by atoms with Crippen LogP contribution in [0.3, 0.4) is 0 Å². The summed E-state index contributed by atoms with van der Waals surface area (Å²) in [5.41, 5.74) is 0.376. The molecule has 1 fully saturated rings. The molecule has 0 aliphatic carbocycles. The van der Waals surface area contributed by atoms with E-state index >= 15 is 0 Å². The predicted octanol–water partition coefficient (Wildman–Crippen LogP) is 2.33. The van der Waals surface area contributed by atoms with Gasteiger partial charge in [0.15, 0.2) is 0 Å². The first kappa shape index (κ1) is 13.5. The number of hydrogen-bond acceptors (Lipinski definition) is 2. The number of hydrogen-bond donors (Lipinski definition) is 1. The standard InChI is InChI=1S/C14H16FNO3/c15-12-3-1-11(2-4-12)9-14(10-17)5-7-16(8-6-14)13(18)19/h1-4,10H,5-9H2,(H,18,19). The second-order valence-electron chi connectivity index (χ2n) is 5.05. The summed E-state index contributed by atoms with van der Waals surface area (Å²) in [6.45, 7) is 0.741. The molecule has 0 spiro atoms. The summed E-state index contributed by atoms with van der Waals surface area (Å²) in [6.07, 6.45) is 1.54. The number of carbonyl (C=O) groups excluding carboxylic acids is 1. The maximum absolute atomic E-state index is 12.8. The van der Waals surface area contributed by atoms with Gasteiger partial charge in [-0.2, -0.15) is 0 Å². The topological polar surface area (TPSA) is 57.6 Å². The second-order valence-corrected chi connectivity index (χ2v) is 5.05. The van der Waals surface area contributed by atoms with Crippen LogP contribution in [0.1, 0.15) is 18.4 Å². The van der Waals surface area contributed by atoms with Crippen molar-refractivity contribution in [3.8, 4) is 0 Å². The van der Waals surface area contributed by atoms with Crippen molar-refractivity contribution in [2.75, 3.05) is 13.1 Å². The number of carbonyl (C=O) groups is 2. The first-order valence-electron chi connectivity index (χ1n) is 6.23. The van der Waals surface area contributed by atoms with Gasteiger partial charge in [-0.05, 0) is 37.0 Å². The summed E-state index contributed by atoms with van der Waals surface area (Å²) in [5, 5.41) is 8.90. The van der Waals surface area contributed by atoms with Gasteiger partial charge in [-0.1, -0.05) is 12.1 Å². The van der Waals surface area contributed by atoms with E-state index in [4.69, 9.17) is 5.11 Å². The molecule has 1 N–H and O–H groups in total. The fraction of sp³-hybridized carbons (Fsp3) is 0.429. The van der Waals surface area contributed by atoms with Crippen LogP contribution in [-0.2, 0) is 11.2 Å². The minimum atomic E-state index is -0.943. The van der Waals surface area contributed by atoms with Gasteiger partial charge in [0.2, 0.25) is 0 Å². The van der Waals surface area contributed by atoms with Gasteiger partial charge in [-0.15, -0.1) is 0 Å². The van der Waals surface area contributed by atoms with Crippen LogP contribution in [0, 0.1) is 11.2 Å². The van der Waals surface area contributed by atoms with Gasteiger partial charge in [0, 0.05) is 18.5 Å². The van der Waals surface area contributed by atoms with Crippen LogP contribution in [0.5, 0.6) is 0 Å². The molecule has 0 unspecified atom stereocenters. The molecule has 0 radical (unpaired) electrons. The molecule has 1 aliphatic heterocycles. The molecular weight excluding hydrogens is 249 g/mol. The van der Waals surface area contributed by atoms with E-state index < -0.39 is 11.5 Å². The van der Waals surface area contributed by atoms with Crippen molar-refractivity contribution < 1.29 is 19.1 Å². The van der Waals surface area contributed by atoms with Gasteiger partial charge >= 0.3 is 6.09 Å². The number of likely N-dealkylation sites (tertiary alicyclic amines) is 1. The van der Waals surface area contributed by atoms with Crippen LogP contribution >= 0.6 is 0 Å². The van der Waals surface area contributed by atoms with Gasteiger partial charge in [-0.3, -0.25) is 0 Å². The number of benzene rings is 1. The van der Waals surface area contributed by atoms with E-state index in [9.17, 15) is 14.0 Å². The third-order valence-electron chi connectivity index (χ3n) is 3.75. The lowest BCUT2D eigenvalue weighted by Gasteiger charge is -2.37. The van der Waals surface area contributed by atoms with Crippen LogP contribution in [0.25, 0.3) is 0 Å². The lowest BCUT2D eigenvalue weighted by Crippen LogP contribution is -2.44. The summed E-state index contributed by atoms with van der Waals surface area (Å²) < 4.78 is 12.8. The quantitative estimate of drug-likeness (QED) is 0.853. The zero-order valence-electron chi connectivity index (χ0n) is 10.5. The van der Waals surface area contributed by atoms with Crippen molar-refractivity contribution in [3.63, 3.8) is 0 Å². The highest BCUT2D eigenvalue weighted by Crippen LogP contribution is 2.33. The van der Waals surface area contributed by atoms with Crippen LogP contribution in [0.2, 0.25) is 0 Å². The number of rotatable bonds is 3. The Bertz CT molecular complexity index is 464. The van der Waals surface area contributed by atoms with E-state index in [2.05, 4.69) is 0 Å². The Balaban J connectivity index is 2.06. The van der Waals surface area contributed by atoms with Crippen molar-refractivity contribution in [3.05, 3.63) is 35.6 Å². The highest BCUT2D eigenvalue weighted by Gasteiger charge is 2.35. The smallest absolute Gasteiger partial charge is 0.407 e. The first-order chi connectivity index (χ1) is 9.04. The molecule has 1 aromatic carbocycles. The SMILES string of the molecule is O=CC1(Cc2ccc(F)cc2)CCN(C(=O)O)CC1. The lowest BCUT2D eigenvalue weighted by molar-refractivity contribution is -0.118. The number of nitrogens with zero attached hydrogens (tertiary/aromatic N) is 1. The maximum Gasteiger partial charge on any atom is 0.407 e. The molecule has 1 amide bonds. The van der Waals surface area contributed by atoms with Crippen molar-refractivity contribution in [1.29, 1.82) is 0 Å². The Labute approximate surface area is 110 Å². The summed E-state index contributed by atoms with van der Waals surface area (Å²) >= 11 is 0. The zero-order valence-corrected chi connectivity index (χ0v) is 10.5. The number of amides is 1. The fourth-order valence-corrected chi connectivity index (χ4v) is 2.49. The third kappa shape index (κ3) is 3.10. The molecule has 1 aromatic rings. The number of piperidine rings is 1. The molecule has 19 heavy (non-hydrogen) atoms. The zero-order chi connectivity index (χ0) is 13.9. The average Bonchev–Trinajstić information content (AvgIpc) is 2.42. The maximum atomic E-state index is 12.8. The van der Waals surface area contributed by atoms with Crippen LogP contribution < -0.4 is 0 Å². The third-order valence-corrected chi connectivity index (χ3v) is 3.75.